The molecule has 2 heteroatoms. The van der Waals surface area contributed by atoms with Crippen LogP contribution in [0.5, 0.6) is 0 Å². The maximum atomic E-state index is 9.32. The predicted octanol–water partition coefficient (Wildman–Crippen LogP) is 2.66. The van der Waals surface area contributed by atoms with E-state index in [4.69, 9.17) is 0 Å². The van der Waals surface area contributed by atoms with Gasteiger partial charge in [-0.1, -0.05) is 20.8 Å². The maximum Gasteiger partial charge on any atom is 0.0541 e. The quantitative estimate of drug-likeness (QED) is 0.759. The molecule has 1 saturated carbocycles. The largest absolute Gasteiger partial charge is 0.393 e. The Labute approximate surface area is 89.3 Å². The van der Waals surface area contributed by atoms with Crippen molar-refractivity contribution in [3.63, 3.8) is 0 Å². The Morgan fingerprint density at radius 1 is 1.14 bits per heavy atom. The number of aliphatic hydroxyl groups is 1. The zero-order valence-electron chi connectivity index (χ0n) is 10.3. The summed E-state index contributed by atoms with van der Waals surface area (Å²) in [6, 6.07) is 0.730. The van der Waals surface area contributed by atoms with Gasteiger partial charge < -0.3 is 10.0 Å². The van der Waals surface area contributed by atoms with E-state index in [0.717, 1.165) is 18.9 Å². The fraction of sp³-hybridized carbons (Fsp3) is 1.00. The van der Waals surface area contributed by atoms with E-state index in [1.54, 1.807) is 0 Å². The van der Waals surface area contributed by atoms with Crippen molar-refractivity contribution in [1.82, 2.24) is 4.90 Å². The van der Waals surface area contributed by atoms with Gasteiger partial charge in [0.15, 0.2) is 0 Å². The number of aliphatic hydroxyl groups excluding tert-OH is 1. The minimum Gasteiger partial charge on any atom is -0.393 e. The van der Waals surface area contributed by atoms with Crippen LogP contribution in [0.3, 0.4) is 0 Å². The Morgan fingerprint density at radius 3 is 2.07 bits per heavy atom. The smallest absolute Gasteiger partial charge is 0.0541 e. The Hall–Kier alpha value is -0.0800. The van der Waals surface area contributed by atoms with Crippen LogP contribution in [0, 0.1) is 0 Å². The molecule has 1 N–H and O–H groups in total. The molecule has 0 aromatic heterocycles. The fourth-order valence-corrected chi connectivity index (χ4v) is 2.03. The standard InChI is InChI=1S/C10H21NO.C2H6/c1-3-8-11(2)9-4-6-10(12)7-5-9;1-2/h9-10,12H,3-8H2,1-2H3;1-2H3. The molecule has 1 rings (SSSR count). The lowest BCUT2D eigenvalue weighted by atomic mass is 9.92. The molecule has 0 radical (unpaired) electrons. The number of rotatable bonds is 3. The first-order valence-corrected chi connectivity index (χ1v) is 6.12. The number of nitrogens with zero attached hydrogens (tertiary/aromatic N) is 1. The Kier molecular flexibility index (Phi) is 8.20. The van der Waals surface area contributed by atoms with Crippen molar-refractivity contribution >= 4 is 0 Å². The zero-order valence-corrected chi connectivity index (χ0v) is 10.3. The van der Waals surface area contributed by atoms with Crippen LogP contribution in [0.25, 0.3) is 0 Å². The van der Waals surface area contributed by atoms with Crippen molar-refractivity contribution in [2.75, 3.05) is 13.6 Å². The molecule has 86 valence electrons. The monoisotopic (exact) mass is 201 g/mol. The van der Waals surface area contributed by atoms with E-state index >= 15 is 0 Å². The molecule has 2 nitrogen and oxygen atoms in total. The van der Waals surface area contributed by atoms with Gasteiger partial charge in [-0.3, -0.25) is 0 Å². The van der Waals surface area contributed by atoms with Gasteiger partial charge in [0.2, 0.25) is 0 Å². The minimum absolute atomic E-state index is 0.0173. The van der Waals surface area contributed by atoms with Crippen LogP contribution in [0.1, 0.15) is 52.9 Å². The van der Waals surface area contributed by atoms with Crippen molar-refractivity contribution in [1.29, 1.82) is 0 Å². The number of hydrogen-bond donors (Lipinski definition) is 1. The number of hydrogen-bond acceptors (Lipinski definition) is 2. The van der Waals surface area contributed by atoms with Crippen LogP contribution >= 0.6 is 0 Å². The van der Waals surface area contributed by atoms with Crippen LogP contribution < -0.4 is 0 Å². The van der Waals surface area contributed by atoms with E-state index in [1.807, 2.05) is 13.8 Å². The lowest BCUT2D eigenvalue weighted by Gasteiger charge is -2.32. The van der Waals surface area contributed by atoms with E-state index in [9.17, 15) is 5.11 Å². The van der Waals surface area contributed by atoms with Crippen LogP contribution in [0.2, 0.25) is 0 Å². The van der Waals surface area contributed by atoms with Crippen molar-refractivity contribution in [3.8, 4) is 0 Å². The second-order valence-electron chi connectivity index (χ2n) is 3.94. The predicted molar refractivity (Wildman–Crippen MR) is 62.5 cm³/mol. The average molecular weight is 201 g/mol. The van der Waals surface area contributed by atoms with Crippen molar-refractivity contribution in [2.45, 2.75) is 65.0 Å². The van der Waals surface area contributed by atoms with Gasteiger partial charge in [0, 0.05) is 6.04 Å². The molecule has 0 saturated heterocycles. The van der Waals surface area contributed by atoms with Crippen molar-refractivity contribution < 1.29 is 5.11 Å². The van der Waals surface area contributed by atoms with Gasteiger partial charge in [0.1, 0.15) is 0 Å². The SMILES string of the molecule is CC.CCCN(C)C1CCC(O)CC1. The maximum absolute atomic E-state index is 9.32. The molecular formula is C12H27NO. The first-order chi connectivity index (χ1) is 6.74. The summed E-state index contributed by atoms with van der Waals surface area (Å²) in [5.74, 6) is 0. The zero-order chi connectivity index (χ0) is 11.0. The second kappa shape index (κ2) is 8.25. The first-order valence-electron chi connectivity index (χ1n) is 6.12. The summed E-state index contributed by atoms with van der Waals surface area (Å²) in [4.78, 5) is 2.44. The minimum atomic E-state index is -0.0173. The molecular weight excluding hydrogens is 174 g/mol. The molecule has 0 bridgehead atoms. The Bertz CT molecular complexity index is 119. The van der Waals surface area contributed by atoms with Gasteiger partial charge in [-0.05, 0) is 45.7 Å². The summed E-state index contributed by atoms with van der Waals surface area (Å²) >= 11 is 0. The molecule has 1 fully saturated rings. The summed E-state index contributed by atoms with van der Waals surface area (Å²) in [5, 5.41) is 9.32. The third-order valence-corrected chi connectivity index (χ3v) is 2.87. The molecule has 14 heavy (non-hydrogen) atoms. The van der Waals surface area contributed by atoms with E-state index in [1.165, 1.54) is 25.8 Å². The molecule has 0 spiro atoms. The van der Waals surface area contributed by atoms with Crippen LogP contribution in [-0.4, -0.2) is 35.7 Å². The highest BCUT2D eigenvalue weighted by molar-refractivity contribution is 4.77. The lowest BCUT2D eigenvalue weighted by Crippen LogP contribution is -2.36. The van der Waals surface area contributed by atoms with Gasteiger partial charge in [-0.25, -0.2) is 0 Å². The summed E-state index contributed by atoms with van der Waals surface area (Å²) in [7, 11) is 2.20. The van der Waals surface area contributed by atoms with Crippen molar-refractivity contribution in [2.24, 2.45) is 0 Å². The van der Waals surface area contributed by atoms with E-state index in [2.05, 4.69) is 18.9 Å². The van der Waals surface area contributed by atoms with E-state index in [0.29, 0.717) is 0 Å². The third kappa shape index (κ3) is 4.97. The Morgan fingerprint density at radius 2 is 1.64 bits per heavy atom. The molecule has 0 aromatic carbocycles. The van der Waals surface area contributed by atoms with Crippen LogP contribution in [0.15, 0.2) is 0 Å². The molecule has 0 aromatic rings. The van der Waals surface area contributed by atoms with Crippen LogP contribution in [-0.2, 0) is 0 Å². The lowest BCUT2D eigenvalue weighted by molar-refractivity contribution is 0.0843. The van der Waals surface area contributed by atoms with Gasteiger partial charge in [0.05, 0.1) is 6.10 Å². The van der Waals surface area contributed by atoms with Gasteiger partial charge in [0.25, 0.3) is 0 Å². The fourth-order valence-electron chi connectivity index (χ4n) is 2.03. The van der Waals surface area contributed by atoms with Crippen molar-refractivity contribution in [3.05, 3.63) is 0 Å². The normalized spacial score (nSPS) is 27.0. The molecule has 0 unspecified atom stereocenters. The third-order valence-electron chi connectivity index (χ3n) is 2.87. The summed E-state index contributed by atoms with van der Waals surface area (Å²) < 4.78 is 0. The highest BCUT2D eigenvalue weighted by atomic mass is 16.3. The highest BCUT2D eigenvalue weighted by Gasteiger charge is 2.21. The summed E-state index contributed by atoms with van der Waals surface area (Å²) in [6.45, 7) is 7.41. The molecule has 0 heterocycles. The topological polar surface area (TPSA) is 23.5 Å². The summed E-state index contributed by atoms with van der Waals surface area (Å²) in [6.07, 6.45) is 5.57. The highest BCUT2D eigenvalue weighted by Crippen LogP contribution is 2.21. The molecule has 0 atom stereocenters. The van der Waals surface area contributed by atoms with E-state index < -0.39 is 0 Å². The molecule has 0 amide bonds. The average Bonchev–Trinajstić information content (AvgIpc) is 2.22. The Balaban J connectivity index is 0.000000791. The van der Waals surface area contributed by atoms with Gasteiger partial charge in [-0.2, -0.15) is 0 Å². The summed E-state index contributed by atoms with van der Waals surface area (Å²) in [5.41, 5.74) is 0. The first kappa shape index (κ1) is 13.9. The molecule has 1 aliphatic carbocycles. The van der Waals surface area contributed by atoms with Gasteiger partial charge >= 0.3 is 0 Å². The van der Waals surface area contributed by atoms with E-state index in [-0.39, 0.29) is 6.10 Å². The van der Waals surface area contributed by atoms with Gasteiger partial charge in [-0.15, -0.1) is 0 Å². The van der Waals surface area contributed by atoms with Crippen LogP contribution in [0.4, 0.5) is 0 Å². The second-order valence-corrected chi connectivity index (χ2v) is 3.94. The molecule has 1 aliphatic rings. The molecule has 0 aliphatic heterocycles.